The number of aromatic nitrogens is 1. The van der Waals surface area contributed by atoms with E-state index in [4.69, 9.17) is 14.0 Å². The molecular weight excluding hydrogens is 356 g/mol. The number of guanidine groups is 1. The van der Waals surface area contributed by atoms with Crippen LogP contribution in [0.1, 0.15) is 57.4 Å². The number of hydrogen-bond donors (Lipinski definition) is 2. The van der Waals surface area contributed by atoms with E-state index in [1.54, 1.807) is 0 Å². The van der Waals surface area contributed by atoms with E-state index < -0.39 is 0 Å². The number of aliphatic imine (C=N–C) groups is 1. The smallest absolute Gasteiger partial charge is 0.196 e. The van der Waals surface area contributed by atoms with Gasteiger partial charge in [0.15, 0.2) is 23.2 Å². The Balaban J connectivity index is 1.68. The number of fused-ring (bicyclic) bond motifs is 1. The van der Waals surface area contributed by atoms with Gasteiger partial charge in [0.25, 0.3) is 0 Å². The van der Waals surface area contributed by atoms with Crippen molar-refractivity contribution < 1.29 is 14.0 Å². The van der Waals surface area contributed by atoms with Crippen LogP contribution >= 0.6 is 0 Å². The predicted molar refractivity (Wildman–Crippen MR) is 110 cm³/mol. The molecule has 2 aromatic rings. The van der Waals surface area contributed by atoms with Gasteiger partial charge in [-0.3, -0.25) is 0 Å². The Morgan fingerprint density at radius 2 is 1.89 bits per heavy atom. The third kappa shape index (κ3) is 5.18. The predicted octanol–water partition coefficient (Wildman–Crippen LogP) is 4.32. The molecule has 0 spiro atoms. The SMILES string of the molecule is CCNC(=NCc1cc(C(CC)CC)no1)Nc1ccc2c(c1)OCCCO2. The first-order valence-corrected chi connectivity index (χ1v) is 10.1. The molecule has 0 radical (unpaired) electrons. The van der Waals surface area contributed by atoms with Crippen molar-refractivity contribution in [2.24, 2.45) is 4.99 Å². The van der Waals surface area contributed by atoms with Crippen molar-refractivity contribution in [2.75, 3.05) is 25.1 Å². The number of ether oxygens (including phenoxy) is 2. The second-order valence-corrected chi connectivity index (χ2v) is 6.76. The van der Waals surface area contributed by atoms with Crippen LogP contribution in [0.25, 0.3) is 0 Å². The fourth-order valence-corrected chi connectivity index (χ4v) is 3.14. The van der Waals surface area contributed by atoms with Gasteiger partial charge in [-0.25, -0.2) is 4.99 Å². The van der Waals surface area contributed by atoms with E-state index in [1.165, 1.54) is 0 Å². The molecule has 0 bridgehead atoms. The number of rotatable bonds is 7. The van der Waals surface area contributed by atoms with E-state index in [0.717, 1.165) is 54.4 Å². The second-order valence-electron chi connectivity index (χ2n) is 6.76. The van der Waals surface area contributed by atoms with Crippen LogP contribution < -0.4 is 20.1 Å². The highest BCUT2D eigenvalue weighted by molar-refractivity contribution is 5.93. The fraction of sp³-hybridized carbons (Fsp3) is 0.524. The summed E-state index contributed by atoms with van der Waals surface area (Å²) >= 11 is 0. The molecule has 3 rings (SSSR count). The fourth-order valence-electron chi connectivity index (χ4n) is 3.14. The first-order valence-electron chi connectivity index (χ1n) is 10.1. The van der Waals surface area contributed by atoms with E-state index in [9.17, 15) is 0 Å². The molecule has 7 heteroatoms. The zero-order valence-electron chi connectivity index (χ0n) is 17.0. The van der Waals surface area contributed by atoms with Crippen molar-refractivity contribution in [1.29, 1.82) is 0 Å². The first kappa shape index (κ1) is 20.0. The summed E-state index contributed by atoms with van der Waals surface area (Å²) < 4.78 is 16.9. The highest BCUT2D eigenvalue weighted by Crippen LogP contribution is 2.32. The van der Waals surface area contributed by atoms with Crippen molar-refractivity contribution in [3.8, 4) is 11.5 Å². The third-order valence-corrected chi connectivity index (χ3v) is 4.73. The molecule has 28 heavy (non-hydrogen) atoms. The summed E-state index contributed by atoms with van der Waals surface area (Å²) in [5, 5.41) is 10.8. The van der Waals surface area contributed by atoms with Gasteiger partial charge in [0, 0.05) is 36.7 Å². The first-order chi connectivity index (χ1) is 13.7. The van der Waals surface area contributed by atoms with Crippen LogP contribution in [0, 0.1) is 0 Å². The zero-order valence-corrected chi connectivity index (χ0v) is 17.0. The Morgan fingerprint density at radius 1 is 1.11 bits per heavy atom. The summed E-state index contributed by atoms with van der Waals surface area (Å²) in [6.45, 7) is 8.89. The van der Waals surface area contributed by atoms with Crippen molar-refractivity contribution in [2.45, 2.75) is 52.5 Å². The van der Waals surface area contributed by atoms with Gasteiger partial charge < -0.3 is 24.6 Å². The molecule has 1 aromatic heterocycles. The lowest BCUT2D eigenvalue weighted by molar-refractivity contribution is 0.297. The Morgan fingerprint density at radius 3 is 2.64 bits per heavy atom. The Labute approximate surface area is 166 Å². The Bertz CT molecular complexity index is 784. The number of anilines is 1. The highest BCUT2D eigenvalue weighted by atomic mass is 16.5. The van der Waals surface area contributed by atoms with E-state index in [-0.39, 0.29) is 0 Å². The standard InChI is InChI=1S/C21H30N4O3/c1-4-15(5-2)18-13-17(28-25-18)14-23-21(22-6-3)24-16-8-9-19-20(12-16)27-11-7-10-26-19/h8-9,12-13,15H,4-7,10-11,14H2,1-3H3,(H2,22,23,24). The van der Waals surface area contributed by atoms with Gasteiger partial charge in [0.05, 0.1) is 18.9 Å². The molecule has 0 saturated carbocycles. The minimum atomic E-state index is 0.424. The van der Waals surface area contributed by atoms with Crippen LogP contribution in [-0.4, -0.2) is 30.9 Å². The van der Waals surface area contributed by atoms with E-state index in [2.05, 4.69) is 34.6 Å². The maximum absolute atomic E-state index is 5.76. The topological polar surface area (TPSA) is 80.9 Å². The normalized spacial score (nSPS) is 14.1. The maximum Gasteiger partial charge on any atom is 0.196 e. The summed E-state index contributed by atoms with van der Waals surface area (Å²) in [4.78, 5) is 4.62. The monoisotopic (exact) mass is 386 g/mol. The molecule has 1 aliphatic rings. The van der Waals surface area contributed by atoms with Gasteiger partial charge in [-0.2, -0.15) is 0 Å². The quantitative estimate of drug-likeness (QED) is 0.545. The average molecular weight is 386 g/mol. The minimum absolute atomic E-state index is 0.424. The number of benzene rings is 1. The molecule has 0 atom stereocenters. The molecule has 2 heterocycles. The number of nitrogens with zero attached hydrogens (tertiary/aromatic N) is 2. The molecule has 0 amide bonds. The van der Waals surface area contributed by atoms with E-state index in [0.29, 0.717) is 31.6 Å². The third-order valence-electron chi connectivity index (χ3n) is 4.73. The van der Waals surface area contributed by atoms with Gasteiger partial charge in [0.2, 0.25) is 0 Å². The second kappa shape index (κ2) is 10.0. The molecule has 0 fully saturated rings. The van der Waals surface area contributed by atoms with Gasteiger partial charge in [-0.05, 0) is 31.9 Å². The summed E-state index contributed by atoms with van der Waals surface area (Å²) in [5.41, 5.74) is 1.90. The maximum atomic E-state index is 5.76. The van der Waals surface area contributed by atoms with Gasteiger partial charge in [0.1, 0.15) is 6.54 Å². The van der Waals surface area contributed by atoms with Crippen LogP contribution in [0.4, 0.5) is 5.69 Å². The van der Waals surface area contributed by atoms with Crippen LogP contribution in [0.3, 0.4) is 0 Å². The Hall–Kier alpha value is -2.70. The summed E-state index contributed by atoms with van der Waals surface area (Å²) in [6, 6.07) is 7.83. The van der Waals surface area contributed by atoms with Crippen LogP contribution in [0.15, 0.2) is 33.8 Å². The molecule has 7 nitrogen and oxygen atoms in total. The Kier molecular flexibility index (Phi) is 7.17. The van der Waals surface area contributed by atoms with Crippen molar-refractivity contribution in [3.05, 3.63) is 35.7 Å². The zero-order chi connectivity index (χ0) is 19.8. The molecule has 152 valence electrons. The lowest BCUT2D eigenvalue weighted by Crippen LogP contribution is -2.30. The largest absolute Gasteiger partial charge is 0.490 e. The lowest BCUT2D eigenvalue weighted by atomic mass is 9.99. The van der Waals surface area contributed by atoms with Crippen LogP contribution in [0.5, 0.6) is 11.5 Å². The lowest BCUT2D eigenvalue weighted by Gasteiger charge is -2.13. The molecule has 1 aliphatic heterocycles. The molecule has 0 aliphatic carbocycles. The van der Waals surface area contributed by atoms with Crippen molar-refractivity contribution in [1.82, 2.24) is 10.5 Å². The summed E-state index contributed by atoms with van der Waals surface area (Å²) in [7, 11) is 0. The van der Waals surface area contributed by atoms with Gasteiger partial charge >= 0.3 is 0 Å². The summed E-state index contributed by atoms with van der Waals surface area (Å²) in [6.07, 6.45) is 3.00. The van der Waals surface area contributed by atoms with Crippen LogP contribution in [0.2, 0.25) is 0 Å². The molecule has 0 unspecified atom stereocenters. The average Bonchev–Trinajstić information content (AvgIpc) is 3.04. The number of hydrogen-bond acceptors (Lipinski definition) is 5. The molecule has 2 N–H and O–H groups in total. The molecule has 0 saturated heterocycles. The van der Waals surface area contributed by atoms with Gasteiger partial charge in [-0.1, -0.05) is 19.0 Å². The highest BCUT2D eigenvalue weighted by Gasteiger charge is 2.14. The van der Waals surface area contributed by atoms with Crippen LogP contribution in [-0.2, 0) is 6.54 Å². The van der Waals surface area contributed by atoms with E-state index in [1.807, 2.05) is 31.2 Å². The van der Waals surface area contributed by atoms with E-state index >= 15 is 0 Å². The van der Waals surface area contributed by atoms with Crippen molar-refractivity contribution >= 4 is 11.6 Å². The van der Waals surface area contributed by atoms with Gasteiger partial charge in [-0.15, -0.1) is 0 Å². The molecule has 1 aromatic carbocycles. The van der Waals surface area contributed by atoms with Crippen molar-refractivity contribution in [3.63, 3.8) is 0 Å². The summed E-state index contributed by atoms with van der Waals surface area (Å²) in [5.74, 6) is 3.41. The number of nitrogens with one attached hydrogen (secondary N) is 2. The molecular formula is C21H30N4O3. The minimum Gasteiger partial charge on any atom is -0.490 e.